The minimum Gasteiger partial charge on any atom is -0.387 e. The van der Waals surface area contributed by atoms with Gasteiger partial charge in [0.15, 0.2) is 0 Å². The van der Waals surface area contributed by atoms with Crippen LogP contribution in [-0.4, -0.2) is 54.9 Å². The van der Waals surface area contributed by atoms with Crippen LogP contribution in [0.4, 0.5) is 0 Å². The van der Waals surface area contributed by atoms with Crippen LogP contribution in [0.25, 0.3) is 0 Å². The molecule has 0 unspecified atom stereocenters. The Morgan fingerprint density at radius 3 is 2.52 bits per heavy atom. The molecule has 1 aromatic rings. The summed E-state index contributed by atoms with van der Waals surface area (Å²) in [6.07, 6.45) is -4.54. The van der Waals surface area contributed by atoms with Crippen molar-refractivity contribution in [2.45, 2.75) is 24.4 Å². The summed E-state index contributed by atoms with van der Waals surface area (Å²) in [6.45, 7) is -0.680. The average molecular weight is 324 g/mol. The molecule has 1 fully saturated rings. The van der Waals surface area contributed by atoms with Crippen molar-refractivity contribution in [3.8, 4) is 0 Å². The van der Waals surface area contributed by atoms with Crippen LogP contribution in [0.1, 0.15) is 11.7 Å². The number of phosphoric acid groups is 1. The second-order valence-electron chi connectivity index (χ2n) is 4.39. The third-order valence-corrected chi connectivity index (χ3v) is 3.41. The van der Waals surface area contributed by atoms with Crippen LogP contribution in [0.3, 0.4) is 0 Å². The maximum absolute atomic E-state index is 11.6. The van der Waals surface area contributed by atoms with Crippen molar-refractivity contribution >= 4 is 7.82 Å². The van der Waals surface area contributed by atoms with Crippen molar-refractivity contribution in [2.24, 2.45) is 0 Å². The van der Waals surface area contributed by atoms with Gasteiger partial charge < -0.3 is 29.7 Å². The lowest BCUT2D eigenvalue weighted by atomic mass is 10.0. The molecule has 6 N–H and O–H groups in total. The van der Waals surface area contributed by atoms with E-state index < -0.39 is 50.1 Å². The molecule has 2 heterocycles. The third-order valence-electron chi connectivity index (χ3n) is 2.92. The van der Waals surface area contributed by atoms with Gasteiger partial charge in [-0.25, -0.2) is 9.36 Å². The summed E-state index contributed by atoms with van der Waals surface area (Å²) in [5.41, 5.74) is -1.70. The molecule has 118 valence electrons. The summed E-state index contributed by atoms with van der Waals surface area (Å²) in [4.78, 5) is 43.8. The van der Waals surface area contributed by atoms with E-state index >= 15 is 0 Å². The Morgan fingerprint density at radius 1 is 1.29 bits per heavy atom. The summed E-state index contributed by atoms with van der Waals surface area (Å²) in [6, 6.07) is 0. The standard InChI is InChI=1S/C9H13N2O9P/c12-5-4(2-19-21(16,17)18)20-7(6(5)13)3-1-10-9(15)11-8(3)14/h1,4-7,12-13H,2H2,(H2,16,17,18)(H2,10,11,14,15)/t4-,5-,6+,7-/m0/s1. The molecular formula is C9H13N2O9P. The molecule has 4 atom stereocenters. The van der Waals surface area contributed by atoms with E-state index in [1.54, 1.807) is 0 Å². The first kappa shape index (κ1) is 16.0. The number of hydrogen-bond donors (Lipinski definition) is 6. The Kier molecular flexibility index (Phi) is 4.44. The number of aromatic amines is 2. The van der Waals surface area contributed by atoms with Crippen LogP contribution in [0, 0.1) is 0 Å². The van der Waals surface area contributed by atoms with Crippen LogP contribution >= 0.6 is 7.82 Å². The maximum atomic E-state index is 11.6. The van der Waals surface area contributed by atoms with Gasteiger partial charge in [0.1, 0.15) is 24.4 Å². The molecule has 1 aliphatic rings. The Labute approximate surface area is 116 Å². The Hall–Kier alpha value is -1.33. The van der Waals surface area contributed by atoms with Gasteiger partial charge in [-0.2, -0.15) is 0 Å². The van der Waals surface area contributed by atoms with Gasteiger partial charge in [0.05, 0.1) is 12.2 Å². The summed E-state index contributed by atoms with van der Waals surface area (Å²) < 4.78 is 20.0. The fourth-order valence-electron chi connectivity index (χ4n) is 1.95. The molecule has 0 saturated carbocycles. The van der Waals surface area contributed by atoms with Crippen molar-refractivity contribution in [2.75, 3.05) is 6.61 Å². The number of aliphatic hydroxyl groups excluding tert-OH is 2. The van der Waals surface area contributed by atoms with Crippen molar-refractivity contribution in [3.05, 3.63) is 32.6 Å². The van der Waals surface area contributed by atoms with Gasteiger partial charge in [-0.15, -0.1) is 0 Å². The van der Waals surface area contributed by atoms with E-state index in [1.807, 2.05) is 4.98 Å². The molecule has 21 heavy (non-hydrogen) atoms. The van der Waals surface area contributed by atoms with Crippen LogP contribution < -0.4 is 11.2 Å². The number of hydrogen-bond acceptors (Lipinski definition) is 7. The topological polar surface area (TPSA) is 182 Å². The molecule has 0 aromatic carbocycles. The van der Waals surface area contributed by atoms with Gasteiger partial charge in [0.2, 0.25) is 0 Å². The van der Waals surface area contributed by atoms with Gasteiger partial charge in [-0.1, -0.05) is 0 Å². The first-order chi connectivity index (χ1) is 9.69. The van der Waals surface area contributed by atoms with Gasteiger partial charge >= 0.3 is 13.5 Å². The third kappa shape index (κ3) is 3.66. The SMILES string of the molecule is O=c1[nH]cc([C@@H]2O[C@@H](COP(=O)(O)O)[C@H](O)[C@H]2O)c(=O)[nH]1. The summed E-state index contributed by atoms with van der Waals surface area (Å²) in [5, 5.41) is 19.6. The summed E-state index contributed by atoms with van der Waals surface area (Å²) in [7, 11) is -4.76. The highest BCUT2D eigenvalue weighted by Gasteiger charge is 2.45. The zero-order valence-electron chi connectivity index (χ0n) is 10.4. The number of aliphatic hydroxyl groups is 2. The average Bonchev–Trinajstić information content (AvgIpc) is 2.64. The lowest BCUT2D eigenvalue weighted by Crippen LogP contribution is -2.34. The summed E-state index contributed by atoms with van der Waals surface area (Å²) in [5.74, 6) is 0. The second-order valence-corrected chi connectivity index (χ2v) is 5.63. The van der Waals surface area contributed by atoms with Crippen LogP contribution in [0.2, 0.25) is 0 Å². The predicted octanol–water partition coefficient (Wildman–Crippen LogP) is -2.67. The van der Waals surface area contributed by atoms with Gasteiger partial charge in [-0.3, -0.25) is 14.3 Å². The predicted molar refractivity (Wildman–Crippen MR) is 65.3 cm³/mol. The van der Waals surface area contributed by atoms with Crippen LogP contribution in [-0.2, 0) is 13.8 Å². The number of rotatable bonds is 4. The fraction of sp³-hybridized carbons (Fsp3) is 0.556. The molecule has 0 aliphatic carbocycles. The highest BCUT2D eigenvalue weighted by molar-refractivity contribution is 7.46. The molecule has 1 aromatic heterocycles. The quantitative estimate of drug-likeness (QED) is 0.322. The second kappa shape index (κ2) is 5.81. The van der Waals surface area contributed by atoms with E-state index in [0.29, 0.717) is 0 Å². The fourth-order valence-corrected chi connectivity index (χ4v) is 2.29. The molecule has 12 heteroatoms. The zero-order valence-corrected chi connectivity index (χ0v) is 11.3. The minimum absolute atomic E-state index is 0.139. The Balaban J connectivity index is 2.18. The smallest absolute Gasteiger partial charge is 0.387 e. The minimum atomic E-state index is -4.76. The molecule has 1 saturated heterocycles. The molecule has 2 rings (SSSR count). The lowest BCUT2D eigenvalue weighted by Gasteiger charge is -2.14. The van der Waals surface area contributed by atoms with Crippen molar-refractivity contribution < 1.29 is 33.8 Å². The normalized spacial score (nSPS) is 29.7. The molecule has 0 bridgehead atoms. The zero-order chi connectivity index (χ0) is 15.8. The molecular weight excluding hydrogens is 311 g/mol. The highest BCUT2D eigenvalue weighted by atomic mass is 31.2. The van der Waals surface area contributed by atoms with E-state index in [9.17, 15) is 24.4 Å². The molecule has 0 amide bonds. The molecule has 0 spiro atoms. The Morgan fingerprint density at radius 2 is 1.95 bits per heavy atom. The van der Waals surface area contributed by atoms with Gasteiger partial charge in [0, 0.05) is 6.20 Å². The number of H-pyrrole nitrogens is 2. The first-order valence-electron chi connectivity index (χ1n) is 5.72. The monoisotopic (exact) mass is 324 g/mol. The van der Waals surface area contributed by atoms with Gasteiger partial charge in [0.25, 0.3) is 5.56 Å². The number of aromatic nitrogens is 2. The van der Waals surface area contributed by atoms with Gasteiger partial charge in [-0.05, 0) is 0 Å². The van der Waals surface area contributed by atoms with Crippen molar-refractivity contribution in [1.82, 2.24) is 9.97 Å². The first-order valence-corrected chi connectivity index (χ1v) is 7.25. The van der Waals surface area contributed by atoms with Crippen molar-refractivity contribution in [1.29, 1.82) is 0 Å². The molecule has 11 nitrogen and oxygen atoms in total. The number of ether oxygens (including phenoxy) is 1. The largest absolute Gasteiger partial charge is 0.469 e. The van der Waals surface area contributed by atoms with Crippen LogP contribution in [0.5, 0.6) is 0 Å². The van der Waals surface area contributed by atoms with E-state index in [4.69, 9.17) is 14.5 Å². The van der Waals surface area contributed by atoms with E-state index in [1.165, 1.54) is 0 Å². The Bertz CT molecular complexity index is 664. The molecule has 1 aliphatic heterocycles. The van der Waals surface area contributed by atoms with E-state index in [0.717, 1.165) is 6.20 Å². The summed E-state index contributed by atoms with van der Waals surface area (Å²) >= 11 is 0. The number of phosphoric ester groups is 1. The van der Waals surface area contributed by atoms with Crippen LogP contribution in [0.15, 0.2) is 15.8 Å². The van der Waals surface area contributed by atoms with Crippen molar-refractivity contribution in [3.63, 3.8) is 0 Å². The lowest BCUT2D eigenvalue weighted by molar-refractivity contribution is -0.0228. The highest BCUT2D eigenvalue weighted by Crippen LogP contribution is 2.38. The van der Waals surface area contributed by atoms with E-state index in [-0.39, 0.29) is 5.56 Å². The number of nitrogens with one attached hydrogen (secondary N) is 2. The molecule has 0 radical (unpaired) electrons. The van der Waals surface area contributed by atoms with E-state index in [2.05, 4.69) is 9.51 Å². The maximum Gasteiger partial charge on any atom is 0.469 e.